The molecule has 1 aromatic carbocycles. The SMILES string of the molecule is CN(CCCNC(=O)CSCc1ccc(Cl)cc1Cl)CC(F)(F)F. The average molecular weight is 403 g/mol. The number of rotatable bonds is 9. The lowest BCUT2D eigenvalue weighted by atomic mass is 10.2. The van der Waals surface area contributed by atoms with E-state index in [1.807, 2.05) is 6.07 Å². The smallest absolute Gasteiger partial charge is 0.355 e. The van der Waals surface area contributed by atoms with Gasteiger partial charge in [0, 0.05) is 22.3 Å². The monoisotopic (exact) mass is 402 g/mol. The van der Waals surface area contributed by atoms with Crippen molar-refractivity contribution < 1.29 is 18.0 Å². The fraction of sp³-hybridized carbons (Fsp3) is 0.533. The van der Waals surface area contributed by atoms with Crippen LogP contribution in [0.5, 0.6) is 0 Å². The molecule has 136 valence electrons. The van der Waals surface area contributed by atoms with E-state index in [4.69, 9.17) is 23.2 Å². The van der Waals surface area contributed by atoms with Crippen molar-refractivity contribution in [2.75, 3.05) is 32.4 Å². The molecule has 0 saturated carbocycles. The second kappa shape index (κ2) is 10.4. The van der Waals surface area contributed by atoms with E-state index in [-0.39, 0.29) is 18.2 Å². The van der Waals surface area contributed by atoms with Gasteiger partial charge in [-0.05, 0) is 37.7 Å². The summed E-state index contributed by atoms with van der Waals surface area (Å²) in [6.45, 7) is -0.324. The lowest BCUT2D eigenvalue weighted by Crippen LogP contribution is -2.34. The van der Waals surface area contributed by atoms with Crippen LogP contribution in [0.4, 0.5) is 13.2 Å². The van der Waals surface area contributed by atoms with Crippen molar-refractivity contribution in [2.45, 2.75) is 18.3 Å². The lowest BCUT2D eigenvalue weighted by molar-refractivity contribution is -0.143. The molecular weight excluding hydrogens is 384 g/mol. The Morgan fingerprint density at radius 1 is 1.33 bits per heavy atom. The first-order valence-corrected chi connectivity index (χ1v) is 9.12. The van der Waals surface area contributed by atoms with Gasteiger partial charge in [0.15, 0.2) is 0 Å². The summed E-state index contributed by atoms with van der Waals surface area (Å²) in [5.41, 5.74) is 0.896. The van der Waals surface area contributed by atoms with Gasteiger partial charge in [0.1, 0.15) is 0 Å². The van der Waals surface area contributed by atoms with Gasteiger partial charge in [-0.15, -0.1) is 11.8 Å². The van der Waals surface area contributed by atoms with Gasteiger partial charge in [-0.25, -0.2) is 0 Å². The minimum Gasteiger partial charge on any atom is -0.355 e. The van der Waals surface area contributed by atoms with Crippen LogP contribution in [0.3, 0.4) is 0 Å². The molecule has 0 unspecified atom stereocenters. The number of halogens is 5. The second-order valence-corrected chi connectivity index (χ2v) is 7.11. The van der Waals surface area contributed by atoms with Crippen molar-refractivity contribution >= 4 is 40.9 Å². The molecule has 1 rings (SSSR count). The highest BCUT2D eigenvalue weighted by Crippen LogP contribution is 2.24. The summed E-state index contributed by atoms with van der Waals surface area (Å²) in [5, 5.41) is 3.80. The van der Waals surface area contributed by atoms with Crippen LogP contribution in [0.1, 0.15) is 12.0 Å². The zero-order chi connectivity index (χ0) is 18.2. The Morgan fingerprint density at radius 3 is 2.67 bits per heavy atom. The van der Waals surface area contributed by atoms with Crippen molar-refractivity contribution in [3.05, 3.63) is 33.8 Å². The standard InChI is InChI=1S/C15H19Cl2F3N2OS/c1-22(10-15(18,19)20)6-2-5-21-14(23)9-24-8-11-3-4-12(16)7-13(11)17/h3-4,7H,2,5-6,8-10H2,1H3,(H,21,23). The summed E-state index contributed by atoms with van der Waals surface area (Å²) < 4.78 is 36.4. The van der Waals surface area contributed by atoms with Crippen LogP contribution in [0.15, 0.2) is 18.2 Å². The van der Waals surface area contributed by atoms with Gasteiger partial charge >= 0.3 is 6.18 Å². The number of amides is 1. The average Bonchev–Trinajstić information content (AvgIpc) is 2.44. The topological polar surface area (TPSA) is 32.3 Å². The van der Waals surface area contributed by atoms with Gasteiger partial charge in [0.25, 0.3) is 0 Å². The highest BCUT2D eigenvalue weighted by atomic mass is 35.5. The molecule has 0 aliphatic carbocycles. The maximum atomic E-state index is 12.1. The number of thioether (sulfide) groups is 1. The van der Waals surface area contributed by atoms with Gasteiger partial charge in [0.2, 0.25) is 5.91 Å². The molecular formula is C15H19Cl2F3N2OS. The van der Waals surface area contributed by atoms with Crippen LogP contribution < -0.4 is 5.32 Å². The zero-order valence-corrected chi connectivity index (χ0v) is 15.5. The van der Waals surface area contributed by atoms with Crippen LogP contribution >= 0.6 is 35.0 Å². The van der Waals surface area contributed by atoms with Gasteiger partial charge in [-0.2, -0.15) is 13.2 Å². The molecule has 3 nitrogen and oxygen atoms in total. The van der Waals surface area contributed by atoms with Crippen LogP contribution in [0.2, 0.25) is 10.0 Å². The van der Waals surface area contributed by atoms with Gasteiger partial charge in [-0.3, -0.25) is 9.69 Å². The Bertz CT molecular complexity index is 544. The third-order valence-electron chi connectivity index (χ3n) is 2.99. The number of hydrogen-bond acceptors (Lipinski definition) is 3. The van der Waals surface area contributed by atoms with E-state index in [9.17, 15) is 18.0 Å². The Morgan fingerprint density at radius 2 is 2.04 bits per heavy atom. The fourth-order valence-electron chi connectivity index (χ4n) is 1.91. The first-order valence-electron chi connectivity index (χ1n) is 7.21. The van der Waals surface area contributed by atoms with Gasteiger partial charge < -0.3 is 5.32 Å². The summed E-state index contributed by atoms with van der Waals surface area (Å²) >= 11 is 13.3. The molecule has 24 heavy (non-hydrogen) atoms. The molecule has 0 spiro atoms. The van der Waals surface area contributed by atoms with Crippen molar-refractivity contribution in [1.29, 1.82) is 0 Å². The summed E-state index contributed by atoms with van der Waals surface area (Å²) in [6, 6.07) is 5.20. The molecule has 1 N–H and O–H groups in total. The normalized spacial score (nSPS) is 11.8. The van der Waals surface area contributed by atoms with Crippen LogP contribution in [0, 0.1) is 0 Å². The minimum absolute atomic E-state index is 0.149. The highest BCUT2D eigenvalue weighted by molar-refractivity contribution is 7.99. The molecule has 0 heterocycles. The summed E-state index contributed by atoms with van der Waals surface area (Å²) in [4.78, 5) is 12.9. The first kappa shape index (κ1) is 21.4. The van der Waals surface area contributed by atoms with Crippen LogP contribution in [0.25, 0.3) is 0 Å². The number of carbonyl (C=O) groups excluding carboxylic acids is 1. The molecule has 0 atom stereocenters. The second-order valence-electron chi connectivity index (χ2n) is 5.28. The predicted molar refractivity (Wildman–Crippen MR) is 93.8 cm³/mol. The Balaban J connectivity index is 2.14. The number of benzene rings is 1. The molecule has 0 aromatic heterocycles. The fourth-order valence-corrected chi connectivity index (χ4v) is 3.32. The molecule has 0 bridgehead atoms. The molecule has 1 aromatic rings. The van der Waals surface area contributed by atoms with Crippen molar-refractivity contribution in [1.82, 2.24) is 10.2 Å². The van der Waals surface area contributed by atoms with E-state index >= 15 is 0 Å². The molecule has 0 fully saturated rings. The molecule has 0 aliphatic heterocycles. The highest BCUT2D eigenvalue weighted by Gasteiger charge is 2.28. The van der Waals surface area contributed by atoms with E-state index < -0.39 is 12.7 Å². The number of alkyl halides is 3. The third kappa shape index (κ3) is 9.61. The third-order valence-corrected chi connectivity index (χ3v) is 4.56. The minimum atomic E-state index is -4.20. The zero-order valence-electron chi connectivity index (χ0n) is 13.1. The van der Waals surface area contributed by atoms with E-state index in [0.29, 0.717) is 28.8 Å². The van der Waals surface area contributed by atoms with Crippen molar-refractivity contribution in [3.63, 3.8) is 0 Å². The molecule has 9 heteroatoms. The quantitative estimate of drug-likeness (QED) is 0.627. The number of nitrogens with one attached hydrogen (secondary N) is 1. The van der Waals surface area contributed by atoms with Gasteiger partial charge in [0.05, 0.1) is 12.3 Å². The number of hydrogen-bond donors (Lipinski definition) is 1. The Hall–Kier alpha value is -0.630. The van der Waals surface area contributed by atoms with Crippen LogP contribution in [-0.2, 0) is 10.5 Å². The van der Waals surface area contributed by atoms with Crippen molar-refractivity contribution in [2.24, 2.45) is 0 Å². The van der Waals surface area contributed by atoms with Gasteiger partial charge in [-0.1, -0.05) is 29.3 Å². The summed E-state index contributed by atoms with van der Waals surface area (Å²) in [5.74, 6) is 0.693. The largest absolute Gasteiger partial charge is 0.401 e. The molecule has 0 saturated heterocycles. The maximum absolute atomic E-state index is 12.1. The predicted octanol–water partition coefficient (Wildman–Crippen LogP) is 4.23. The Labute approximate surface area is 153 Å². The van der Waals surface area contributed by atoms with E-state index in [0.717, 1.165) is 5.56 Å². The molecule has 0 radical (unpaired) electrons. The number of nitrogens with zero attached hydrogens (tertiary/aromatic N) is 1. The number of carbonyl (C=O) groups is 1. The maximum Gasteiger partial charge on any atom is 0.401 e. The van der Waals surface area contributed by atoms with E-state index in [1.54, 1.807) is 12.1 Å². The van der Waals surface area contributed by atoms with E-state index in [2.05, 4.69) is 5.32 Å². The first-order chi connectivity index (χ1) is 11.2. The lowest BCUT2D eigenvalue weighted by Gasteiger charge is -2.18. The summed E-state index contributed by atoms with van der Waals surface area (Å²) in [6.07, 6.45) is -3.73. The molecule has 1 amide bonds. The van der Waals surface area contributed by atoms with Crippen molar-refractivity contribution in [3.8, 4) is 0 Å². The summed E-state index contributed by atoms with van der Waals surface area (Å²) in [7, 11) is 1.40. The van der Waals surface area contributed by atoms with E-state index in [1.165, 1.54) is 23.7 Å². The Kier molecular flexibility index (Phi) is 9.26. The van der Waals surface area contributed by atoms with Crippen LogP contribution in [-0.4, -0.2) is 49.4 Å². The molecule has 0 aliphatic rings.